The zero-order valence-electron chi connectivity index (χ0n) is 36.3. The van der Waals surface area contributed by atoms with E-state index in [1.165, 1.54) is 43.3 Å². The van der Waals surface area contributed by atoms with Gasteiger partial charge in [-0.2, -0.15) is 0 Å². The fourth-order valence-electron chi connectivity index (χ4n) is 7.47. The van der Waals surface area contributed by atoms with Gasteiger partial charge in [0.05, 0.1) is 0 Å². The van der Waals surface area contributed by atoms with Crippen molar-refractivity contribution in [2.75, 3.05) is 0 Å². The third-order valence-electron chi connectivity index (χ3n) is 10.6. The Morgan fingerprint density at radius 3 is 1.24 bits per heavy atom. The third kappa shape index (κ3) is 8.80. The van der Waals surface area contributed by atoms with Crippen molar-refractivity contribution in [3.8, 4) is 34.0 Å². The molecule has 8 aromatic rings. The van der Waals surface area contributed by atoms with Crippen LogP contribution in [0.3, 0.4) is 0 Å². The van der Waals surface area contributed by atoms with Crippen molar-refractivity contribution in [3.63, 3.8) is 0 Å². The summed E-state index contributed by atoms with van der Waals surface area (Å²) < 4.78 is 19.4. The van der Waals surface area contributed by atoms with E-state index in [4.69, 9.17) is 14.7 Å². The van der Waals surface area contributed by atoms with Crippen LogP contribution in [0.5, 0.6) is 11.5 Å². The fourth-order valence-corrected chi connectivity index (χ4v) is 22.2. The summed E-state index contributed by atoms with van der Waals surface area (Å²) in [6.45, 7) is 32.5. The van der Waals surface area contributed by atoms with Crippen LogP contribution in [0.1, 0.15) is 114 Å². The van der Waals surface area contributed by atoms with Crippen molar-refractivity contribution in [2.45, 2.75) is 121 Å². The third-order valence-corrected chi connectivity index (χ3v) is 23.1. The molecule has 0 saturated heterocycles. The first-order valence-electron chi connectivity index (χ1n) is 20.0. The van der Waals surface area contributed by atoms with Crippen molar-refractivity contribution in [1.82, 2.24) is 9.97 Å². The fraction of sp³-hybridized carbons (Fsp3) is 0.400. The van der Waals surface area contributed by atoms with E-state index in [0.29, 0.717) is 51.3 Å². The molecule has 0 aliphatic heterocycles. The molecule has 0 unspecified atom stereocenters. The van der Waals surface area contributed by atoms with Gasteiger partial charge in [0.1, 0.15) is 0 Å². The molecule has 0 fully saturated rings. The second kappa shape index (κ2) is 15.9. The van der Waals surface area contributed by atoms with Gasteiger partial charge in [0.2, 0.25) is 0 Å². The average Bonchev–Trinajstić information content (AvgIpc) is 3.82. The molecule has 304 valence electrons. The Balaban J connectivity index is 0.00000512. The standard InChI is InChI=1S/C50H54N2OSe4.Pt/c1-27-37(25-47(3,4)5)54-45-35-15-17-51-39(43(35)56-41(27)45)29-19-31(49(9,10)11)23-33(21-29)53-34-22-30(20-32(24-34)50(12,13)14)40-44-36(16-18-52-40)46-42(57-44)28(2)38(55-46)26-48(6,7)8;/h15-20,23-24H,25-26H2,1-14H3;/q-2;+2. The molecule has 8 heteroatoms. The largest absolute Gasteiger partial charge is 2.00 e. The predicted molar refractivity (Wildman–Crippen MR) is 248 cm³/mol. The first-order chi connectivity index (χ1) is 26.5. The quantitative estimate of drug-likeness (QED) is 0.123. The minimum absolute atomic E-state index is 0. The maximum atomic E-state index is 6.93. The molecule has 0 spiro atoms. The average molecular weight is 1210 g/mol. The molecule has 2 aromatic carbocycles. The summed E-state index contributed by atoms with van der Waals surface area (Å²) in [7, 11) is 0. The van der Waals surface area contributed by atoms with Gasteiger partial charge in [-0.05, 0) is 0 Å². The first kappa shape index (κ1) is 44.3. The Labute approximate surface area is 384 Å². The van der Waals surface area contributed by atoms with E-state index in [-0.39, 0.29) is 60.9 Å². The summed E-state index contributed by atoms with van der Waals surface area (Å²) in [5.74, 6) is 1.41. The number of pyridine rings is 2. The number of ether oxygens (including phenoxy) is 1. The molecule has 0 amide bonds. The Kier molecular flexibility index (Phi) is 12.1. The normalized spacial score (nSPS) is 13.0. The Bertz CT molecular complexity index is 2650. The van der Waals surface area contributed by atoms with Gasteiger partial charge in [0.25, 0.3) is 0 Å². The van der Waals surface area contributed by atoms with Crippen LogP contribution in [0.15, 0.2) is 48.8 Å². The van der Waals surface area contributed by atoms with E-state index in [1.807, 2.05) is 12.4 Å². The molecule has 0 atom stereocenters. The summed E-state index contributed by atoms with van der Waals surface area (Å²) in [6, 6.07) is 20.9. The first-order valence-corrected chi connectivity index (χ1v) is 26.8. The molecule has 3 nitrogen and oxygen atoms in total. The number of fused-ring (bicyclic) bond motifs is 6. The van der Waals surface area contributed by atoms with Crippen LogP contribution in [0.25, 0.3) is 58.8 Å². The maximum absolute atomic E-state index is 6.93. The number of hydrogen-bond acceptors (Lipinski definition) is 3. The number of aryl methyl sites for hydroxylation is 2. The smallest absolute Gasteiger partial charge is 2.00 e. The zero-order valence-corrected chi connectivity index (χ0v) is 45.4. The van der Waals surface area contributed by atoms with Crippen LogP contribution in [0.2, 0.25) is 0 Å². The molecule has 58 heavy (non-hydrogen) atoms. The van der Waals surface area contributed by atoms with E-state index >= 15 is 0 Å². The monoisotopic (exact) mass is 1210 g/mol. The Morgan fingerprint density at radius 2 is 0.897 bits per heavy atom. The molecule has 6 aromatic heterocycles. The summed E-state index contributed by atoms with van der Waals surface area (Å²) in [6.07, 6.45) is 6.37. The van der Waals surface area contributed by atoms with Crippen LogP contribution in [0.4, 0.5) is 0 Å². The number of aromatic nitrogens is 2. The summed E-state index contributed by atoms with van der Waals surface area (Å²) >= 11 is 1.15. The number of hydrogen-bond donors (Lipinski definition) is 0. The molecule has 0 aliphatic rings. The van der Waals surface area contributed by atoms with Crippen molar-refractivity contribution in [3.05, 3.63) is 92.1 Å². The Hall–Kier alpha value is -1.73. The van der Waals surface area contributed by atoms with Gasteiger partial charge >= 0.3 is 388 Å². The van der Waals surface area contributed by atoms with Crippen LogP contribution < -0.4 is 4.74 Å². The van der Waals surface area contributed by atoms with Crippen molar-refractivity contribution >= 4 is 94.3 Å². The molecule has 0 aliphatic carbocycles. The molecule has 0 saturated carbocycles. The van der Waals surface area contributed by atoms with Crippen molar-refractivity contribution in [2.24, 2.45) is 10.8 Å². The maximum Gasteiger partial charge on any atom is 2.00 e. The van der Waals surface area contributed by atoms with Gasteiger partial charge in [0.15, 0.2) is 0 Å². The van der Waals surface area contributed by atoms with E-state index in [1.54, 1.807) is 37.0 Å². The topological polar surface area (TPSA) is 35.0 Å². The summed E-state index contributed by atoms with van der Waals surface area (Å²) in [5, 5.41) is 2.82. The minimum Gasteiger partial charge on any atom is 2.00 e. The van der Waals surface area contributed by atoms with Crippen LogP contribution in [-0.2, 0) is 44.7 Å². The van der Waals surface area contributed by atoms with E-state index in [2.05, 4.69) is 145 Å². The number of benzene rings is 2. The molecular formula is C50H54N2OPtSe4. The second-order valence-electron chi connectivity index (χ2n) is 20.3. The SMILES string of the molecule is Cc1c(CC(C)(C)C)[se]c2c1[se]c1c(-c3[c-]c(Oc4[c-]c(-c5nccc6c5[se]c5c(C)c(CC(C)(C)C)[se]c56)cc(C(C)(C)C)c4)cc(C(C)(C)C)c3)nccc12.[Pt+2]. The van der Waals surface area contributed by atoms with Gasteiger partial charge in [0, 0.05) is 0 Å². The van der Waals surface area contributed by atoms with Crippen LogP contribution >= 0.6 is 0 Å². The number of rotatable bonds is 6. The summed E-state index contributed by atoms with van der Waals surface area (Å²) in [5.41, 5.74) is 10.0. The van der Waals surface area contributed by atoms with Crippen LogP contribution in [-0.4, -0.2) is 68.0 Å². The molecule has 0 radical (unpaired) electrons. The second-order valence-corrected chi connectivity index (χ2v) is 29.2. The van der Waals surface area contributed by atoms with E-state index in [0.717, 1.165) is 22.5 Å². The minimum atomic E-state index is -0.0949. The van der Waals surface area contributed by atoms with Crippen molar-refractivity contribution in [1.29, 1.82) is 0 Å². The summed E-state index contributed by atoms with van der Waals surface area (Å²) in [4.78, 5) is 10.2. The molecule has 8 rings (SSSR count). The van der Waals surface area contributed by atoms with Crippen molar-refractivity contribution < 1.29 is 25.8 Å². The number of nitrogens with zero attached hydrogens (tertiary/aromatic N) is 2. The molecular weight excluding hydrogens is 1160 g/mol. The van der Waals surface area contributed by atoms with Gasteiger partial charge in [-0.15, -0.1) is 0 Å². The van der Waals surface area contributed by atoms with Gasteiger partial charge in [-0.3, -0.25) is 0 Å². The zero-order chi connectivity index (χ0) is 41.0. The molecule has 0 bridgehead atoms. The van der Waals surface area contributed by atoms with Gasteiger partial charge in [-0.25, -0.2) is 0 Å². The van der Waals surface area contributed by atoms with Gasteiger partial charge in [-0.1, -0.05) is 0 Å². The van der Waals surface area contributed by atoms with Gasteiger partial charge < -0.3 is 0 Å². The molecule has 6 heterocycles. The predicted octanol–water partition coefficient (Wildman–Crippen LogP) is 12.4. The molecule has 0 N–H and O–H groups in total. The van der Waals surface area contributed by atoms with Crippen LogP contribution in [0, 0.1) is 36.8 Å². The Morgan fingerprint density at radius 1 is 0.517 bits per heavy atom. The van der Waals surface area contributed by atoms with E-state index in [9.17, 15) is 0 Å². The van der Waals surface area contributed by atoms with E-state index < -0.39 is 0 Å².